The van der Waals surface area contributed by atoms with Crippen molar-refractivity contribution < 1.29 is 12.8 Å². The highest BCUT2D eigenvalue weighted by Crippen LogP contribution is 2.12. The first-order valence-electron chi connectivity index (χ1n) is 4.47. The van der Waals surface area contributed by atoms with Crippen molar-refractivity contribution in [1.29, 1.82) is 0 Å². The minimum atomic E-state index is -3.63. The standard InChI is InChI=1S/C9H13FN2O2S/c10-6-1-7-12-8-2-4-9(5-3-8)15(11,13)14/h2-5,12H,1,6-7H2,(H2,11,13,14). The lowest BCUT2D eigenvalue weighted by atomic mass is 10.3. The van der Waals surface area contributed by atoms with Crippen molar-refractivity contribution in [3.05, 3.63) is 24.3 Å². The Balaban J connectivity index is 2.65. The van der Waals surface area contributed by atoms with Gasteiger partial charge in [0.1, 0.15) is 0 Å². The van der Waals surface area contributed by atoms with Gasteiger partial charge in [0, 0.05) is 12.2 Å². The van der Waals surface area contributed by atoms with Crippen LogP contribution in [0.25, 0.3) is 0 Å². The molecule has 1 aromatic rings. The molecule has 0 bridgehead atoms. The van der Waals surface area contributed by atoms with E-state index in [1.165, 1.54) is 12.1 Å². The molecule has 0 aliphatic rings. The van der Waals surface area contributed by atoms with E-state index in [0.717, 1.165) is 5.69 Å². The van der Waals surface area contributed by atoms with Gasteiger partial charge < -0.3 is 5.32 Å². The second kappa shape index (κ2) is 5.09. The van der Waals surface area contributed by atoms with Gasteiger partial charge in [-0.2, -0.15) is 0 Å². The summed E-state index contributed by atoms with van der Waals surface area (Å²) in [5, 5.41) is 7.88. The summed E-state index contributed by atoms with van der Waals surface area (Å²) in [4.78, 5) is 0.0681. The molecule has 0 aliphatic heterocycles. The summed E-state index contributed by atoms with van der Waals surface area (Å²) < 4.78 is 33.6. The maximum absolute atomic E-state index is 11.8. The zero-order chi connectivity index (χ0) is 11.3. The summed E-state index contributed by atoms with van der Waals surface area (Å²) in [7, 11) is -3.63. The maximum Gasteiger partial charge on any atom is 0.238 e. The fourth-order valence-corrected chi connectivity index (χ4v) is 1.58. The Morgan fingerprint density at radius 1 is 1.27 bits per heavy atom. The van der Waals surface area contributed by atoms with E-state index in [1.807, 2.05) is 0 Å². The van der Waals surface area contributed by atoms with Crippen LogP contribution >= 0.6 is 0 Å². The quantitative estimate of drug-likeness (QED) is 0.747. The van der Waals surface area contributed by atoms with E-state index in [9.17, 15) is 12.8 Å². The van der Waals surface area contributed by atoms with Crippen LogP contribution in [0.5, 0.6) is 0 Å². The van der Waals surface area contributed by atoms with Crippen LogP contribution in [-0.4, -0.2) is 21.6 Å². The zero-order valence-electron chi connectivity index (χ0n) is 8.11. The SMILES string of the molecule is NS(=O)(=O)c1ccc(NCCCF)cc1. The molecular weight excluding hydrogens is 219 g/mol. The van der Waals surface area contributed by atoms with E-state index in [1.54, 1.807) is 12.1 Å². The lowest BCUT2D eigenvalue weighted by Gasteiger charge is -2.05. The van der Waals surface area contributed by atoms with Gasteiger partial charge in [0.15, 0.2) is 0 Å². The Labute approximate surface area is 88.3 Å². The van der Waals surface area contributed by atoms with Crippen LogP contribution in [-0.2, 0) is 10.0 Å². The van der Waals surface area contributed by atoms with Gasteiger partial charge in [-0.15, -0.1) is 0 Å². The van der Waals surface area contributed by atoms with Crippen molar-refractivity contribution in [3.63, 3.8) is 0 Å². The average molecular weight is 232 g/mol. The van der Waals surface area contributed by atoms with Gasteiger partial charge in [-0.1, -0.05) is 0 Å². The van der Waals surface area contributed by atoms with Gasteiger partial charge in [-0.25, -0.2) is 13.6 Å². The second-order valence-electron chi connectivity index (χ2n) is 3.04. The first kappa shape index (κ1) is 11.9. The van der Waals surface area contributed by atoms with Crippen LogP contribution in [0.3, 0.4) is 0 Å². The van der Waals surface area contributed by atoms with Gasteiger partial charge in [0.25, 0.3) is 0 Å². The van der Waals surface area contributed by atoms with Crippen LogP contribution in [0.1, 0.15) is 6.42 Å². The predicted molar refractivity (Wildman–Crippen MR) is 56.9 cm³/mol. The van der Waals surface area contributed by atoms with Crippen LogP contribution in [0.15, 0.2) is 29.2 Å². The molecule has 0 aliphatic carbocycles. The smallest absolute Gasteiger partial charge is 0.238 e. The van der Waals surface area contributed by atoms with Crippen LogP contribution in [0.4, 0.5) is 10.1 Å². The summed E-state index contributed by atoms with van der Waals surface area (Å²) in [6.45, 7) is 0.146. The minimum absolute atomic E-state index is 0.0681. The molecule has 0 amide bonds. The van der Waals surface area contributed by atoms with Crippen molar-refractivity contribution in [2.45, 2.75) is 11.3 Å². The lowest BCUT2D eigenvalue weighted by molar-refractivity contribution is 0.481. The van der Waals surface area contributed by atoms with Gasteiger partial charge in [0.2, 0.25) is 10.0 Å². The number of alkyl halides is 1. The Bertz CT molecular complexity index is 403. The molecule has 1 rings (SSSR count). The van der Waals surface area contributed by atoms with Gasteiger partial charge in [-0.3, -0.25) is 4.39 Å². The number of hydrogen-bond acceptors (Lipinski definition) is 3. The third-order valence-electron chi connectivity index (χ3n) is 1.82. The Morgan fingerprint density at radius 3 is 2.33 bits per heavy atom. The number of primary sulfonamides is 1. The minimum Gasteiger partial charge on any atom is -0.385 e. The molecule has 0 atom stereocenters. The summed E-state index contributed by atoms with van der Waals surface area (Å²) in [5.41, 5.74) is 0.746. The molecule has 6 heteroatoms. The van der Waals surface area contributed by atoms with Crippen molar-refractivity contribution >= 4 is 15.7 Å². The number of halogens is 1. The van der Waals surface area contributed by atoms with Crippen molar-refractivity contribution in [2.75, 3.05) is 18.5 Å². The van der Waals surface area contributed by atoms with E-state index in [0.29, 0.717) is 13.0 Å². The van der Waals surface area contributed by atoms with Crippen molar-refractivity contribution in [3.8, 4) is 0 Å². The van der Waals surface area contributed by atoms with Gasteiger partial charge >= 0.3 is 0 Å². The fraction of sp³-hybridized carbons (Fsp3) is 0.333. The van der Waals surface area contributed by atoms with Crippen LogP contribution in [0, 0.1) is 0 Å². The van der Waals surface area contributed by atoms with Crippen molar-refractivity contribution in [2.24, 2.45) is 5.14 Å². The van der Waals surface area contributed by atoms with Gasteiger partial charge in [0.05, 0.1) is 11.6 Å². The number of benzene rings is 1. The Kier molecular flexibility index (Phi) is 4.05. The first-order chi connectivity index (χ1) is 7.04. The van der Waals surface area contributed by atoms with Gasteiger partial charge in [-0.05, 0) is 30.7 Å². The fourth-order valence-electron chi connectivity index (χ4n) is 1.06. The number of hydrogen-bond donors (Lipinski definition) is 2. The van der Waals surface area contributed by atoms with E-state index in [4.69, 9.17) is 5.14 Å². The molecule has 0 saturated heterocycles. The number of nitrogens with one attached hydrogen (secondary N) is 1. The van der Waals surface area contributed by atoms with E-state index in [2.05, 4.69) is 5.32 Å². The maximum atomic E-state index is 11.8. The van der Waals surface area contributed by atoms with E-state index < -0.39 is 10.0 Å². The molecule has 15 heavy (non-hydrogen) atoms. The van der Waals surface area contributed by atoms with E-state index in [-0.39, 0.29) is 11.6 Å². The molecule has 4 nitrogen and oxygen atoms in total. The summed E-state index contributed by atoms with van der Waals surface area (Å²) in [6.07, 6.45) is 0.428. The lowest BCUT2D eigenvalue weighted by Crippen LogP contribution is -2.12. The summed E-state index contributed by atoms with van der Waals surface area (Å²) in [5.74, 6) is 0. The highest BCUT2D eigenvalue weighted by molar-refractivity contribution is 7.89. The van der Waals surface area contributed by atoms with Crippen molar-refractivity contribution in [1.82, 2.24) is 0 Å². The number of nitrogens with two attached hydrogens (primary N) is 1. The molecule has 0 fully saturated rings. The normalized spacial score (nSPS) is 11.3. The third-order valence-corrected chi connectivity index (χ3v) is 2.75. The first-order valence-corrected chi connectivity index (χ1v) is 6.01. The molecule has 0 saturated carbocycles. The molecule has 3 N–H and O–H groups in total. The summed E-state index contributed by atoms with van der Waals surface area (Å²) >= 11 is 0. The number of rotatable bonds is 5. The molecule has 1 aromatic carbocycles. The van der Waals surface area contributed by atoms with Crippen LogP contribution < -0.4 is 10.5 Å². The molecule has 0 aromatic heterocycles. The average Bonchev–Trinajstić information content (AvgIpc) is 2.18. The number of anilines is 1. The molecule has 0 unspecified atom stereocenters. The molecule has 84 valence electrons. The molecule has 0 radical (unpaired) electrons. The highest BCUT2D eigenvalue weighted by atomic mass is 32.2. The molecule has 0 heterocycles. The Hall–Kier alpha value is -1.14. The van der Waals surface area contributed by atoms with E-state index >= 15 is 0 Å². The zero-order valence-corrected chi connectivity index (χ0v) is 8.93. The molecule has 0 spiro atoms. The Morgan fingerprint density at radius 2 is 1.87 bits per heavy atom. The monoisotopic (exact) mass is 232 g/mol. The number of sulfonamides is 1. The largest absolute Gasteiger partial charge is 0.385 e. The predicted octanol–water partition coefficient (Wildman–Crippen LogP) is 1.11. The second-order valence-corrected chi connectivity index (χ2v) is 4.60. The highest BCUT2D eigenvalue weighted by Gasteiger charge is 2.05. The summed E-state index contributed by atoms with van der Waals surface area (Å²) in [6, 6.07) is 6.01. The van der Waals surface area contributed by atoms with Crippen LogP contribution in [0.2, 0.25) is 0 Å². The topological polar surface area (TPSA) is 72.2 Å². The molecular formula is C9H13FN2O2S. The third kappa shape index (κ3) is 3.85.